The second-order valence-electron chi connectivity index (χ2n) is 9.10. The number of carboxylic acid groups (broad SMARTS) is 1. The van der Waals surface area contributed by atoms with Crippen LogP contribution < -0.4 is 14.4 Å². The van der Waals surface area contributed by atoms with Gasteiger partial charge < -0.3 is 19.5 Å². The van der Waals surface area contributed by atoms with Crippen LogP contribution in [0.4, 0.5) is 5.69 Å². The van der Waals surface area contributed by atoms with Crippen LogP contribution in [0.5, 0.6) is 11.5 Å². The number of amides is 1. The number of hydrogen-bond donors (Lipinski definition) is 1. The van der Waals surface area contributed by atoms with Gasteiger partial charge in [-0.2, -0.15) is 0 Å². The number of carbonyl (C=O) groups excluding carboxylic acids is 1. The SMILES string of the molecule is CCOc1cccc([C@H]2S[C@H](CC(=O)O)C(=O)N(CC(C)(C)C)c3ccc(Cl)cc32)c1OC. The van der Waals surface area contributed by atoms with Gasteiger partial charge in [-0.25, -0.2) is 0 Å². The maximum Gasteiger partial charge on any atom is 0.305 e. The molecule has 2 atom stereocenters. The normalized spacial score (nSPS) is 18.5. The van der Waals surface area contributed by atoms with Gasteiger partial charge in [0.1, 0.15) is 0 Å². The number of nitrogens with zero attached hydrogens (tertiary/aromatic N) is 1. The van der Waals surface area contributed by atoms with Gasteiger partial charge in [0.2, 0.25) is 5.91 Å². The van der Waals surface area contributed by atoms with Crippen molar-refractivity contribution < 1.29 is 24.2 Å². The predicted octanol–water partition coefficient (Wildman–Crippen LogP) is 5.81. The third-order valence-electron chi connectivity index (χ3n) is 5.19. The number of carboxylic acids is 1. The summed E-state index contributed by atoms with van der Waals surface area (Å²) in [7, 11) is 1.58. The van der Waals surface area contributed by atoms with Gasteiger partial charge in [-0.3, -0.25) is 9.59 Å². The van der Waals surface area contributed by atoms with Gasteiger partial charge in [-0.15, -0.1) is 11.8 Å². The lowest BCUT2D eigenvalue weighted by atomic mass is 9.94. The molecule has 0 aromatic heterocycles. The topological polar surface area (TPSA) is 76.1 Å². The van der Waals surface area contributed by atoms with Crippen LogP contribution in [0.2, 0.25) is 5.02 Å². The molecule has 0 unspecified atom stereocenters. The second kappa shape index (κ2) is 10.3. The molecule has 0 fully saturated rings. The Bertz CT molecular complexity index is 1040. The molecule has 178 valence electrons. The molecule has 33 heavy (non-hydrogen) atoms. The quantitative estimate of drug-likeness (QED) is 0.527. The Hall–Kier alpha value is -2.38. The van der Waals surface area contributed by atoms with Crippen LogP contribution in [-0.4, -0.2) is 42.5 Å². The van der Waals surface area contributed by atoms with Crippen molar-refractivity contribution in [1.29, 1.82) is 0 Å². The van der Waals surface area contributed by atoms with E-state index in [1.165, 1.54) is 11.8 Å². The van der Waals surface area contributed by atoms with Crippen LogP contribution in [0, 0.1) is 5.41 Å². The van der Waals surface area contributed by atoms with Crippen molar-refractivity contribution in [3.8, 4) is 11.5 Å². The van der Waals surface area contributed by atoms with Crippen LogP contribution >= 0.6 is 23.4 Å². The van der Waals surface area contributed by atoms with E-state index in [2.05, 4.69) is 0 Å². The first kappa shape index (κ1) is 25.2. The first-order chi connectivity index (χ1) is 15.6. The van der Waals surface area contributed by atoms with Gasteiger partial charge in [0.25, 0.3) is 0 Å². The van der Waals surface area contributed by atoms with Crippen LogP contribution in [-0.2, 0) is 9.59 Å². The number of anilines is 1. The summed E-state index contributed by atoms with van der Waals surface area (Å²) in [6, 6.07) is 11.1. The van der Waals surface area contributed by atoms with Crippen LogP contribution in [0.3, 0.4) is 0 Å². The molecule has 6 nitrogen and oxygen atoms in total. The number of methoxy groups -OCH3 is 1. The summed E-state index contributed by atoms with van der Waals surface area (Å²) in [5, 5.41) is 8.96. The van der Waals surface area contributed by atoms with E-state index in [-0.39, 0.29) is 23.0 Å². The fourth-order valence-electron chi connectivity index (χ4n) is 3.97. The molecule has 1 N–H and O–H groups in total. The Kier molecular flexibility index (Phi) is 7.85. The van der Waals surface area contributed by atoms with Crippen molar-refractivity contribution in [1.82, 2.24) is 0 Å². The average Bonchev–Trinajstić information content (AvgIpc) is 2.83. The van der Waals surface area contributed by atoms with E-state index in [0.717, 1.165) is 16.8 Å². The van der Waals surface area contributed by atoms with Gasteiger partial charge in [-0.05, 0) is 42.2 Å². The lowest BCUT2D eigenvalue weighted by Gasteiger charge is -2.31. The highest BCUT2D eigenvalue weighted by Crippen LogP contribution is 2.51. The summed E-state index contributed by atoms with van der Waals surface area (Å²) in [5.41, 5.74) is 2.17. The Morgan fingerprint density at radius 1 is 1.21 bits per heavy atom. The number of hydrogen-bond acceptors (Lipinski definition) is 5. The Balaban J connectivity index is 2.26. The first-order valence-corrected chi connectivity index (χ1v) is 12.2. The zero-order valence-electron chi connectivity index (χ0n) is 19.6. The summed E-state index contributed by atoms with van der Waals surface area (Å²) >= 11 is 7.73. The summed E-state index contributed by atoms with van der Waals surface area (Å²) < 4.78 is 11.5. The van der Waals surface area contributed by atoms with Crippen LogP contribution in [0.1, 0.15) is 50.5 Å². The van der Waals surface area contributed by atoms with E-state index < -0.39 is 11.2 Å². The van der Waals surface area contributed by atoms with Gasteiger partial charge in [0.05, 0.1) is 30.6 Å². The van der Waals surface area contributed by atoms with Crippen molar-refractivity contribution in [2.24, 2.45) is 5.41 Å². The predicted molar refractivity (Wildman–Crippen MR) is 133 cm³/mol. The zero-order valence-corrected chi connectivity index (χ0v) is 21.1. The summed E-state index contributed by atoms with van der Waals surface area (Å²) in [5.74, 6) is -0.0789. The molecule has 1 aliphatic heterocycles. The van der Waals surface area contributed by atoms with Gasteiger partial charge in [-0.1, -0.05) is 44.5 Å². The van der Waals surface area contributed by atoms with Crippen molar-refractivity contribution in [2.45, 2.75) is 44.6 Å². The van der Waals surface area contributed by atoms with E-state index >= 15 is 0 Å². The molecular formula is C25H30ClNO5S. The zero-order chi connectivity index (χ0) is 24.3. The summed E-state index contributed by atoms with van der Waals surface area (Å²) in [6.45, 7) is 8.96. The first-order valence-electron chi connectivity index (χ1n) is 10.8. The highest BCUT2D eigenvalue weighted by atomic mass is 35.5. The van der Waals surface area contributed by atoms with E-state index in [4.69, 9.17) is 21.1 Å². The molecule has 1 amide bonds. The molecule has 8 heteroatoms. The molecular weight excluding hydrogens is 462 g/mol. The molecule has 2 aromatic rings. The van der Waals surface area contributed by atoms with Crippen LogP contribution in [0.15, 0.2) is 36.4 Å². The standard InChI is InChI=1S/C25H30ClNO5S/c1-6-32-19-9-7-8-16(22(19)31-5)23-17-12-15(26)10-11-18(17)27(14-25(2,3)4)24(30)20(33-23)13-21(28)29/h7-12,20,23H,6,13-14H2,1-5H3,(H,28,29)/t20-,23-/m1/s1. The number of aliphatic carboxylic acids is 1. The fourth-order valence-corrected chi connectivity index (χ4v) is 5.63. The highest BCUT2D eigenvalue weighted by Gasteiger charge is 2.39. The summed E-state index contributed by atoms with van der Waals surface area (Å²) in [6.07, 6.45) is -0.282. The molecule has 0 aliphatic carbocycles. The van der Waals surface area contributed by atoms with Crippen molar-refractivity contribution in [3.63, 3.8) is 0 Å². The molecule has 0 saturated heterocycles. The number of carbonyl (C=O) groups is 2. The van der Waals surface area contributed by atoms with Gasteiger partial charge in [0, 0.05) is 22.8 Å². The summed E-state index contributed by atoms with van der Waals surface area (Å²) in [4.78, 5) is 27.1. The minimum Gasteiger partial charge on any atom is -0.493 e. The number of ether oxygens (including phenoxy) is 2. The van der Waals surface area contributed by atoms with E-state index in [1.807, 2.05) is 58.0 Å². The fraction of sp³-hybridized carbons (Fsp3) is 0.440. The molecule has 0 spiro atoms. The lowest BCUT2D eigenvalue weighted by Crippen LogP contribution is -2.42. The van der Waals surface area contributed by atoms with E-state index in [0.29, 0.717) is 29.7 Å². The maximum absolute atomic E-state index is 13.7. The largest absolute Gasteiger partial charge is 0.493 e. The maximum atomic E-state index is 13.7. The van der Waals surface area contributed by atoms with E-state index in [1.54, 1.807) is 18.1 Å². The smallest absolute Gasteiger partial charge is 0.305 e. The van der Waals surface area contributed by atoms with Crippen molar-refractivity contribution in [3.05, 3.63) is 52.5 Å². The van der Waals surface area contributed by atoms with Gasteiger partial charge in [0.15, 0.2) is 11.5 Å². The second-order valence-corrected chi connectivity index (χ2v) is 10.9. The molecule has 1 aliphatic rings. The minimum absolute atomic E-state index is 0.197. The molecule has 2 aromatic carbocycles. The number of fused-ring (bicyclic) bond motifs is 1. The number of para-hydroxylation sites is 1. The molecule has 0 saturated carbocycles. The van der Waals surface area contributed by atoms with Crippen molar-refractivity contribution >= 4 is 40.9 Å². The lowest BCUT2D eigenvalue weighted by molar-refractivity contribution is -0.138. The molecule has 0 bridgehead atoms. The number of thioether (sulfide) groups is 1. The Labute approximate surface area is 204 Å². The van der Waals surface area contributed by atoms with Gasteiger partial charge >= 0.3 is 5.97 Å². The molecule has 3 rings (SSSR count). The number of rotatable bonds is 7. The molecule has 1 heterocycles. The van der Waals surface area contributed by atoms with Crippen LogP contribution in [0.25, 0.3) is 0 Å². The Morgan fingerprint density at radius 3 is 2.55 bits per heavy atom. The highest BCUT2D eigenvalue weighted by molar-refractivity contribution is 8.01. The Morgan fingerprint density at radius 2 is 1.94 bits per heavy atom. The number of halogens is 1. The van der Waals surface area contributed by atoms with Crippen molar-refractivity contribution in [2.75, 3.05) is 25.2 Å². The third kappa shape index (κ3) is 5.76. The molecule has 0 radical (unpaired) electrons. The van der Waals surface area contributed by atoms with E-state index in [9.17, 15) is 14.7 Å². The average molecular weight is 492 g/mol. The monoisotopic (exact) mass is 491 g/mol. The minimum atomic E-state index is -1.02. The number of benzene rings is 2. The third-order valence-corrected chi connectivity index (χ3v) is 6.90.